The Hall–Kier alpha value is -0.660. The summed E-state index contributed by atoms with van der Waals surface area (Å²) in [5.41, 5.74) is 0. The van der Waals surface area contributed by atoms with E-state index in [0.29, 0.717) is 12.8 Å². The molecule has 0 aromatic heterocycles. The van der Waals surface area contributed by atoms with Crippen LogP contribution in [0.1, 0.15) is 162 Å². The molecule has 0 saturated carbocycles. The zero-order chi connectivity index (χ0) is 26.9. The Kier molecular flexibility index (Phi) is 24.2. The number of hydrogen-bond acceptors (Lipinski definition) is 4. The predicted octanol–water partition coefficient (Wildman–Crippen LogP) is 7.73. The van der Waals surface area contributed by atoms with Crippen LogP contribution in [0, 0.1) is 0 Å². The maximum Gasteiger partial charge on any atom is 0.266 e. The van der Waals surface area contributed by atoms with Gasteiger partial charge in [0.15, 0.2) is 0 Å². The lowest BCUT2D eigenvalue weighted by atomic mass is 10.0. The maximum atomic E-state index is 12.3. The highest BCUT2D eigenvalue weighted by Crippen LogP contribution is 2.15. The SMILES string of the molecule is CCCCCCCCCCCCCCCCC(=O)NC(CS(=O)(=O)O)C(O)CCCCCCCCC. The third kappa shape index (κ3) is 25.0. The third-order valence-electron chi connectivity index (χ3n) is 7.06. The van der Waals surface area contributed by atoms with E-state index in [-0.39, 0.29) is 5.91 Å². The van der Waals surface area contributed by atoms with Crippen molar-refractivity contribution in [2.75, 3.05) is 5.75 Å². The molecule has 1 amide bonds. The van der Waals surface area contributed by atoms with E-state index in [1.807, 2.05) is 0 Å². The molecule has 0 aliphatic heterocycles. The third-order valence-corrected chi connectivity index (χ3v) is 7.84. The molecule has 0 aliphatic rings. The number of aliphatic hydroxyl groups is 1. The average Bonchev–Trinajstić information content (AvgIpc) is 2.82. The van der Waals surface area contributed by atoms with Crippen molar-refractivity contribution in [3.8, 4) is 0 Å². The number of carbonyl (C=O) groups excluding carboxylic acids is 1. The first-order valence-corrected chi connectivity index (χ1v) is 16.8. The summed E-state index contributed by atoms with van der Waals surface area (Å²) >= 11 is 0. The molecule has 6 nitrogen and oxygen atoms in total. The molecule has 2 atom stereocenters. The van der Waals surface area contributed by atoms with E-state index in [1.54, 1.807) is 0 Å². The lowest BCUT2D eigenvalue weighted by Crippen LogP contribution is -2.47. The Morgan fingerprint density at radius 1 is 0.639 bits per heavy atom. The van der Waals surface area contributed by atoms with E-state index in [9.17, 15) is 22.9 Å². The molecule has 0 heterocycles. The second kappa shape index (κ2) is 24.7. The zero-order valence-electron chi connectivity index (χ0n) is 23.7. The van der Waals surface area contributed by atoms with Gasteiger partial charge in [0.1, 0.15) is 0 Å². The van der Waals surface area contributed by atoms with Crippen LogP contribution in [-0.2, 0) is 14.9 Å². The Labute approximate surface area is 223 Å². The molecule has 0 bridgehead atoms. The lowest BCUT2D eigenvalue weighted by Gasteiger charge is -2.23. The van der Waals surface area contributed by atoms with Crippen LogP contribution in [0.4, 0.5) is 0 Å². The summed E-state index contributed by atoms with van der Waals surface area (Å²) in [5.74, 6) is -0.893. The van der Waals surface area contributed by atoms with Gasteiger partial charge in [0.05, 0.1) is 17.9 Å². The molecule has 0 aromatic rings. The van der Waals surface area contributed by atoms with Gasteiger partial charge in [0, 0.05) is 6.42 Å². The minimum Gasteiger partial charge on any atom is -0.391 e. The van der Waals surface area contributed by atoms with E-state index in [0.717, 1.165) is 38.5 Å². The standard InChI is InChI=1S/C29H59NO5S/c1-3-5-7-9-11-12-13-14-15-16-17-19-21-23-25-29(32)30-27(26-36(33,34)35)28(31)24-22-20-18-10-8-6-4-2/h27-28,31H,3-26H2,1-2H3,(H,30,32)(H,33,34,35). The van der Waals surface area contributed by atoms with Gasteiger partial charge in [0.25, 0.3) is 10.1 Å². The van der Waals surface area contributed by atoms with E-state index >= 15 is 0 Å². The second-order valence-corrected chi connectivity index (χ2v) is 12.2. The van der Waals surface area contributed by atoms with Gasteiger partial charge in [-0.3, -0.25) is 9.35 Å². The Morgan fingerprint density at radius 3 is 1.39 bits per heavy atom. The van der Waals surface area contributed by atoms with Crippen molar-refractivity contribution < 1.29 is 22.9 Å². The van der Waals surface area contributed by atoms with Gasteiger partial charge in [-0.2, -0.15) is 8.42 Å². The van der Waals surface area contributed by atoms with E-state index in [1.165, 1.54) is 96.3 Å². The largest absolute Gasteiger partial charge is 0.391 e. The zero-order valence-corrected chi connectivity index (χ0v) is 24.5. The summed E-state index contributed by atoms with van der Waals surface area (Å²) in [5, 5.41) is 13.1. The highest BCUT2D eigenvalue weighted by atomic mass is 32.2. The molecule has 0 rings (SSSR count). The smallest absolute Gasteiger partial charge is 0.266 e. The second-order valence-electron chi connectivity index (χ2n) is 10.7. The Balaban J connectivity index is 3.92. The van der Waals surface area contributed by atoms with Gasteiger partial charge in [-0.15, -0.1) is 0 Å². The first-order valence-electron chi connectivity index (χ1n) is 15.2. The van der Waals surface area contributed by atoms with Crippen molar-refractivity contribution in [2.45, 2.75) is 174 Å². The van der Waals surface area contributed by atoms with Gasteiger partial charge >= 0.3 is 0 Å². The molecule has 0 aromatic carbocycles. The van der Waals surface area contributed by atoms with Gasteiger partial charge in [-0.1, -0.05) is 142 Å². The molecular weight excluding hydrogens is 474 g/mol. The van der Waals surface area contributed by atoms with Gasteiger partial charge < -0.3 is 10.4 Å². The molecule has 0 fully saturated rings. The molecule has 36 heavy (non-hydrogen) atoms. The van der Waals surface area contributed by atoms with E-state index in [2.05, 4.69) is 19.2 Å². The maximum absolute atomic E-state index is 12.3. The van der Waals surface area contributed by atoms with Crippen molar-refractivity contribution in [3.63, 3.8) is 0 Å². The van der Waals surface area contributed by atoms with E-state index < -0.39 is 28.0 Å². The number of unbranched alkanes of at least 4 members (excludes halogenated alkanes) is 19. The molecule has 3 N–H and O–H groups in total. The van der Waals surface area contributed by atoms with Gasteiger partial charge in [0.2, 0.25) is 5.91 Å². The molecule has 7 heteroatoms. The molecule has 0 saturated heterocycles. The van der Waals surface area contributed by atoms with Crippen LogP contribution in [0.15, 0.2) is 0 Å². The normalized spacial score (nSPS) is 13.6. The number of hydrogen-bond donors (Lipinski definition) is 3. The summed E-state index contributed by atoms with van der Waals surface area (Å²) in [6, 6.07) is -0.959. The van der Waals surface area contributed by atoms with Crippen LogP contribution in [0.3, 0.4) is 0 Å². The highest BCUT2D eigenvalue weighted by molar-refractivity contribution is 7.85. The monoisotopic (exact) mass is 533 g/mol. The summed E-state index contributed by atoms with van der Waals surface area (Å²) in [6.45, 7) is 4.43. The van der Waals surface area contributed by atoms with Crippen molar-refractivity contribution in [3.05, 3.63) is 0 Å². The minimum absolute atomic E-state index is 0.249. The average molecular weight is 534 g/mol. The van der Waals surface area contributed by atoms with Gasteiger partial charge in [-0.05, 0) is 12.8 Å². The fourth-order valence-corrected chi connectivity index (χ4v) is 5.51. The highest BCUT2D eigenvalue weighted by Gasteiger charge is 2.26. The summed E-state index contributed by atoms with van der Waals surface area (Å²) in [7, 11) is -4.28. The van der Waals surface area contributed by atoms with Crippen LogP contribution in [-0.4, -0.2) is 41.9 Å². The first-order chi connectivity index (χ1) is 17.3. The van der Waals surface area contributed by atoms with Crippen LogP contribution in [0.25, 0.3) is 0 Å². The van der Waals surface area contributed by atoms with Crippen LogP contribution in [0.2, 0.25) is 0 Å². The van der Waals surface area contributed by atoms with Crippen molar-refractivity contribution in [1.29, 1.82) is 0 Å². The topological polar surface area (TPSA) is 104 Å². The van der Waals surface area contributed by atoms with Crippen molar-refractivity contribution >= 4 is 16.0 Å². The molecule has 2 unspecified atom stereocenters. The molecular formula is C29H59NO5S. The summed E-state index contributed by atoms with van der Waals surface area (Å²) in [6.07, 6.45) is 24.9. The van der Waals surface area contributed by atoms with Crippen LogP contribution in [0.5, 0.6) is 0 Å². The fraction of sp³-hybridized carbons (Fsp3) is 0.966. The number of carbonyl (C=O) groups is 1. The lowest BCUT2D eigenvalue weighted by molar-refractivity contribution is -0.122. The van der Waals surface area contributed by atoms with Gasteiger partial charge in [-0.25, -0.2) is 0 Å². The minimum atomic E-state index is -4.28. The summed E-state index contributed by atoms with van der Waals surface area (Å²) < 4.78 is 32.0. The Morgan fingerprint density at radius 2 is 1.00 bits per heavy atom. The molecule has 0 spiro atoms. The summed E-state index contributed by atoms with van der Waals surface area (Å²) in [4.78, 5) is 12.3. The number of amides is 1. The number of nitrogens with one attached hydrogen (secondary N) is 1. The Bertz CT molecular complexity index is 596. The molecule has 0 aliphatic carbocycles. The van der Waals surface area contributed by atoms with Crippen molar-refractivity contribution in [2.24, 2.45) is 0 Å². The fourth-order valence-electron chi connectivity index (χ4n) is 4.75. The number of aliphatic hydroxyl groups excluding tert-OH is 1. The van der Waals surface area contributed by atoms with Crippen LogP contribution >= 0.6 is 0 Å². The van der Waals surface area contributed by atoms with E-state index in [4.69, 9.17) is 0 Å². The van der Waals surface area contributed by atoms with Crippen molar-refractivity contribution in [1.82, 2.24) is 5.32 Å². The first kappa shape index (κ1) is 35.3. The quantitative estimate of drug-likeness (QED) is 0.0740. The predicted molar refractivity (Wildman–Crippen MR) is 152 cm³/mol. The molecule has 0 radical (unpaired) electrons. The molecule has 216 valence electrons. The van der Waals surface area contributed by atoms with Crippen LogP contribution < -0.4 is 5.32 Å². The number of rotatable bonds is 27.